The quantitative estimate of drug-likeness (QED) is 0.784. The molecule has 5 nitrogen and oxygen atoms in total. The first kappa shape index (κ1) is 10.6. The largest absolute Gasteiger partial charge is 0.424 e. The molecule has 1 aromatic heterocycles. The minimum Gasteiger partial charge on any atom is -0.424 e. The Morgan fingerprint density at radius 2 is 2.27 bits per heavy atom. The van der Waals surface area contributed by atoms with Gasteiger partial charge in [-0.05, 0) is 19.4 Å². The Bertz CT molecular complexity index is 295. The molecule has 0 amide bonds. The molecule has 1 aliphatic rings. The van der Waals surface area contributed by atoms with Gasteiger partial charge in [0.2, 0.25) is 11.8 Å². The third-order valence-corrected chi connectivity index (χ3v) is 2.46. The summed E-state index contributed by atoms with van der Waals surface area (Å²) in [6.07, 6.45) is 3.27. The van der Waals surface area contributed by atoms with Crippen molar-refractivity contribution in [2.45, 2.75) is 38.8 Å². The SMILES string of the molecule is CCNCc1nnc(CC2CCCO2)o1. The Hall–Kier alpha value is -0.940. The zero-order valence-corrected chi connectivity index (χ0v) is 9.03. The molecule has 1 aromatic rings. The molecule has 1 N–H and O–H groups in total. The zero-order chi connectivity index (χ0) is 10.5. The Morgan fingerprint density at radius 3 is 3.00 bits per heavy atom. The fraction of sp³-hybridized carbons (Fsp3) is 0.800. The van der Waals surface area contributed by atoms with Crippen molar-refractivity contribution in [3.8, 4) is 0 Å². The van der Waals surface area contributed by atoms with Crippen molar-refractivity contribution in [3.05, 3.63) is 11.8 Å². The molecule has 15 heavy (non-hydrogen) atoms. The normalized spacial score (nSPS) is 21.0. The van der Waals surface area contributed by atoms with Crippen LogP contribution in [0, 0.1) is 0 Å². The molecule has 1 atom stereocenters. The summed E-state index contributed by atoms with van der Waals surface area (Å²) in [7, 11) is 0. The minimum absolute atomic E-state index is 0.275. The lowest BCUT2D eigenvalue weighted by molar-refractivity contribution is 0.105. The van der Waals surface area contributed by atoms with E-state index < -0.39 is 0 Å². The summed E-state index contributed by atoms with van der Waals surface area (Å²) >= 11 is 0. The van der Waals surface area contributed by atoms with E-state index in [4.69, 9.17) is 9.15 Å². The molecule has 1 unspecified atom stereocenters. The van der Waals surface area contributed by atoms with Crippen molar-refractivity contribution >= 4 is 0 Å². The van der Waals surface area contributed by atoms with E-state index in [9.17, 15) is 0 Å². The smallest absolute Gasteiger partial charge is 0.230 e. The van der Waals surface area contributed by atoms with Crippen molar-refractivity contribution in [2.24, 2.45) is 0 Å². The first-order valence-electron chi connectivity index (χ1n) is 5.52. The molecular weight excluding hydrogens is 194 g/mol. The lowest BCUT2D eigenvalue weighted by atomic mass is 10.2. The van der Waals surface area contributed by atoms with Crippen LogP contribution in [0.2, 0.25) is 0 Å². The number of aromatic nitrogens is 2. The fourth-order valence-corrected chi connectivity index (χ4v) is 1.67. The molecule has 0 aliphatic carbocycles. The third kappa shape index (κ3) is 3.00. The monoisotopic (exact) mass is 211 g/mol. The highest BCUT2D eigenvalue weighted by Gasteiger charge is 2.19. The Morgan fingerprint density at radius 1 is 1.40 bits per heavy atom. The van der Waals surface area contributed by atoms with Crippen LogP contribution in [0.3, 0.4) is 0 Å². The van der Waals surface area contributed by atoms with Gasteiger partial charge in [-0.1, -0.05) is 6.92 Å². The summed E-state index contributed by atoms with van der Waals surface area (Å²) < 4.78 is 11.0. The van der Waals surface area contributed by atoms with Crippen LogP contribution in [-0.2, 0) is 17.7 Å². The van der Waals surface area contributed by atoms with Gasteiger partial charge in [-0.2, -0.15) is 0 Å². The number of hydrogen-bond acceptors (Lipinski definition) is 5. The molecule has 2 rings (SSSR count). The lowest BCUT2D eigenvalue weighted by Gasteiger charge is -2.04. The van der Waals surface area contributed by atoms with E-state index in [0.29, 0.717) is 18.3 Å². The number of nitrogens with zero attached hydrogens (tertiary/aromatic N) is 2. The van der Waals surface area contributed by atoms with Crippen molar-refractivity contribution in [2.75, 3.05) is 13.2 Å². The van der Waals surface area contributed by atoms with Gasteiger partial charge in [0.05, 0.1) is 19.1 Å². The van der Waals surface area contributed by atoms with E-state index in [1.807, 2.05) is 6.92 Å². The number of ether oxygens (including phenoxy) is 1. The molecule has 1 fully saturated rings. The van der Waals surface area contributed by atoms with Crippen molar-refractivity contribution in [1.29, 1.82) is 0 Å². The minimum atomic E-state index is 0.275. The molecule has 1 saturated heterocycles. The maximum absolute atomic E-state index is 5.50. The topological polar surface area (TPSA) is 60.2 Å². The van der Waals surface area contributed by atoms with Crippen LogP contribution in [0.4, 0.5) is 0 Å². The Kier molecular flexibility index (Phi) is 3.69. The van der Waals surface area contributed by atoms with Gasteiger partial charge in [-0.3, -0.25) is 0 Å². The second-order valence-electron chi connectivity index (χ2n) is 3.71. The highest BCUT2D eigenvalue weighted by atomic mass is 16.5. The molecule has 84 valence electrons. The van der Waals surface area contributed by atoms with E-state index in [0.717, 1.165) is 32.4 Å². The standard InChI is InChI=1S/C10H17N3O2/c1-2-11-7-10-13-12-9(15-10)6-8-4-3-5-14-8/h8,11H,2-7H2,1H3. The molecule has 0 bridgehead atoms. The van der Waals surface area contributed by atoms with E-state index in [1.165, 1.54) is 0 Å². The summed E-state index contributed by atoms with van der Waals surface area (Å²) in [5.74, 6) is 1.35. The summed E-state index contributed by atoms with van der Waals surface area (Å²) in [6, 6.07) is 0. The van der Waals surface area contributed by atoms with Crippen LogP contribution in [0.5, 0.6) is 0 Å². The lowest BCUT2D eigenvalue weighted by Crippen LogP contribution is -2.11. The Balaban J connectivity index is 1.83. The predicted octanol–water partition coefficient (Wildman–Crippen LogP) is 0.901. The van der Waals surface area contributed by atoms with Crippen LogP contribution in [0.15, 0.2) is 4.42 Å². The van der Waals surface area contributed by atoms with Gasteiger partial charge in [0.1, 0.15) is 0 Å². The highest BCUT2D eigenvalue weighted by molar-refractivity contribution is 4.85. The number of hydrogen-bond donors (Lipinski definition) is 1. The van der Waals surface area contributed by atoms with Crippen molar-refractivity contribution in [1.82, 2.24) is 15.5 Å². The van der Waals surface area contributed by atoms with Crippen LogP contribution < -0.4 is 5.32 Å². The molecule has 0 radical (unpaired) electrons. The van der Waals surface area contributed by atoms with Gasteiger partial charge in [0, 0.05) is 6.61 Å². The van der Waals surface area contributed by atoms with Crippen LogP contribution in [0.25, 0.3) is 0 Å². The average Bonchev–Trinajstić information content (AvgIpc) is 2.87. The molecule has 0 aromatic carbocycles. The molecule has 0 saturated carbocycles. The van der Waals surface area contributed by atoms with Gasteiger partial charge in [-0.25, -0.2) is 0 Å². The van der Waals surface area contributed by atoms with Crippen LogP contribution >= 0.6 is 0 Å². The van der Waals surface area contributed by atoms with Crippen molar-refractivity contribution < 1.29 is 9.15 Å². The van der Waals surface area contributed by atoms with E-state index >= 15 is 0 Å². The number of rotatable bonds is 5. The van der Waals surface area contributed by atoms with E-state index in [-0.39, 0.29) is 6.10 Å². The third-order valence-electron chi connectivity index (χ3n) is 2.46. The molecule has 1 aliphatic heterocycles. The highest BCUT2D eigenvalue weighted by Crippen LogP contribution is 2.16. The van der Waals surface area contributed by atoms with E-state index in [1.54, 1.807) is 0 Å². The molecule has 2 heterocycles. The summed E-state index contributed by atoms with van der Waals surface area (Å²) in [4.78, 5) is 0. The first-order valence-corrected chi connectivity index (χ1v) is 5.52. The van der Waals surface area contributed by atoms with E-state index in [2.05, 4.69) is 15.5 Å². The van der Waals surface area contributed by atoms with Gasteiger partial charge in [0.15, 0.2) is 0 Å². The molecule has 0 spiro atoms. The average molecular weight is 211 g/mol. The van der Waals surface area contributed by atoms with Crippen LogP contribution in [-0.4, -0.2) is 29.5 Å². The molecule has 5 heteroatoms. The maximum atomic E-state index is 5.50. The first-order chi connectivity index (χ1) is 7.38. The van der Waals surface area contributed by atoms with Crippen LogP contribution in [0.1, 0.15) is 31.5 Å². The molecular formula is C10H17N3O2. The van der Waals surface area contributed by atoms with Gasteiger partial charge in [0.25, 0.3) is 0 Å². The number of nitrogens with one attached hydrogen (secondary N) is 1. The maximum Gasteiger partial charge on any atom is 0.230 e. The zero-order valence-electron chi connectivity index (χ0n) is 9.03. The second-order valence-corrected chi connectivity index (χ2v) is 3.71. The predicted molar refractivity (Wildman–Crippen MR) is 54.4 cm³/mol. The summed E-state index contributed by atoms with van der Waals surface area (Å²) in [5, 5.41) is 11.1. The van der Waals surface area contributed by atoms with Gasteiger partial charge in [-0.15, -0.1) is 10.2 Å². The van der Waals surface area contributed by atoms with Gasteiger partial charge < -0.3 is 14.5 Å². The summed E-state index contributed by atoms with van der Waals surface area (Å²) in [6.45, 7) is 4.46. The Labute approximate surface area is 89.2 Å². The second kappa shape index (κ2) is 5.23. The summed E-state index contributed by atoms with van der Waals surface area (Å²) in [5.41, 5.74) is 0. The fourth-order valence-electron chi connectivity index (χ4n) is 1.67. The van der Waals surface area contributed by atoms with Crippen molar-refractivity contribution in [3.63, 3.8) is 0 Å². The van der Waals surface area contributed by atoms with Gasteiger partial charge >= 0.3 is 0 Å².